The van der Waals surface area contributed by atoms with Crippen molar-refractivity contribution in [1.29, 1.82) is 0 Å². The van der Waals surface area contributed by atoms with Crippen LogP contribution in [0.4, 0.5) is 0 Å². The van der Waals surface area contributed by atoms with Crippen LogP contribution in [0.15, 0.2) is 0 Å². The summed E-state index contributed by atoms with van der Waals surface area (Å²) in [5, 5.41) is 3.81. The summed E-state index contributed by atoms with van der Waals surface area (Å²) >= 11 is 0. The van der Waals surface area contributed by atoms with Gasteiger partial charge in [0.1, 0.15) is 0 Å². The molecule has 2 aliphatic rings. The summed E-state index contributed by atoms with van der Waals surface area (Å²) in [5.41, 5.74) is 0. The second-order valence-corrected chi connectivity index (χ2v) is 5.57. The van der Waals surface area contributed by atoms with Crippen molar-refractivity contribution in [2.45, 2.75) is 63.6 Å². The fourth-order valence-corrected chi connectivity index (χ4v) is 3.26. The summed E-state index contributed by atoms with van der Waals surface area (Å²) in [4.78, 5) is 0. The second kappa shape index (κ2) is 6.72. The van der Waals surface area contributed by atoms with Crippen LogP contribution in [0.1, 0.15) is 45.4 Å². The average molecular weight is 241 g/mol. The van der Waals surface area contributed by atoms with Crippen molar-refractivity contribution in [3.8, 4) is 0 Å². The molecule has 1 saturated carbocycles. The van der Waals surface area contributed by atoms with Gasteiger partial charge in [0.25, 0.3) is 0 Å². The quantitative estimate of drug-likeness (QED) is 0.819. The van der Waals surface area contributed by atoms with Gasteiger partial charge in [0.05, 0.1) is 6.10 Å². The third-order valence-electron chi connectivity index (χ3n) is 4.46. The molecule has 1 aliphatic heterocycles. The maximum atomic E-state index is 5.60. The van der Waals surface area contributed by atoms with E-state index in [1.807, 2.05) is 7.11 Å². The molecule has 0 radical (unpaired) electrons. The molecule has 3 heteroatoms. The topological polar surface area (TPSA) is 30.5 Å². The predicted octanol–water partition coefficient (Wildman–Crippen LogP) is 2.35. The standard InChI is InChI=1S/C14H27NO2/c1-11(12-7-9-17-10-8-12)15-13-5-3-4-6-14(13)16-2/h11-15H,3-10H2,1-2H3. The van der Waals surface area contributed by atoms with E-state index in [1.54, 1.807) is 0 Å². The highest BCUT2D eigenvalue weighted by Gasteiger charge is 2.28. The third kappa shape index (κ3) is 3.67. The van der Waals surface area contributed by atoms with Crippen molar-refractivity contribution in [1.82, 2.24) is 5.32 Å². The van der Waals surface area contributed by atoms with Gasteiger partial charge in [-0.3, -0.25) is 0 Å². The molecule has 0 bridgehead atoms. The van der Waals surface area contributed by atoms with Crippen LogP contribution in [-0.2, 0) is 9.47 Å². The van der Waals surface area contributed by atoms with Crippen LogP contribution in [0.25, 0.3) is 0 Å². The molecule has 0 aromatic heterocycles. The van der Waals surface area contributed by atoms with Crippen molar-refractivity contribution in [3.63, 3.8) is 0 Å². The van der Waals surface area contributed by atoms with Crippen LogP contribution in [0.5, 0.6) is 0 Å². The molecule has 0 aromatic carbocycles. The lowest BCUT2D eigenvalue weighted by molar-refractivity contribution is 0.0231. The lowest BCUT2D eigenvalue weighted by Crippen LogP contribution is -2.49. The van der Waals surface area contributed by atoms with Gasteiger partial charge < -0.3 is 14.8 Å². The van der Waals surface area contributed by atoms with Gasteiger partial charge in [-0.15, -0.1) is 0 Å². The van der Waals surface area contributed by atoms with Gasteiger partial charge >= 0.3 is 0 Å². The molecule has 3 nitrogen and oxygen atoms in total. The van der Waals surface area contributed by atoms with Crippen molar-refractivity contribution in [2.75, 3.05) is 20.3 Å². The van der Waals surface area contributed by atoms with Gasteiger partial charge in [-0.05, 0) is 38.5 Å². The summed E-state index contributed by atoms with van der Waals surface area (Å²) in [7, 11) is 1.85. The van der Waals surface area contributed by atoms with E-state index in [2.05, 4.69) is 12.2 Å². The minimum atomic E-state index is 0.422. The Hall–Kier alpha value is -0.120. The molecule has 0 spiro atoms. The molecule has 3 unspecified atom stereocenters. The lowest BCUT2D eigenvalue weighted by Gasteiger charge is -2.36. The van der Waals surface area contributed by atoms with Gasteiger partial charge in [0, 0.05) is 32.4 Å². The SMILES string of the molecule is COC1CCCCC1NC(C)C1CCOCC1. The van der Waals surface area contributed by atoms with Gasteiger partial charge in [0.2, 0.25) is 0 Å². The number of rotatable bonds is 4. The highest BCUT2D eigenvalue weighted by Crippen LogP contribution is 2.24. The van der Waals surface area contributed by atoms with E-state index in [0.29, 0.717) is 18.2 Å². The van der Waals surface area contributed by atoms with E-state index in [4.69, 9.17) is 9.47 Å². The maximum absolute atomic E-state index is 5.60. The number of methoxy groups -OCH3 is 1. The minimum Gasteiger partial charge on any atom is -0.381 e. The van der Waals surface area contributed by atoms with Crippen molar-refractivity contribution >= 4 is 0 Å². The van der Waals surface area contributed by atoms with Crippen LogP contribution in [-0.4, -0.2) is 38.5 Å². The zero-order chi connectivity index (χ0) is 12.1. The highest BCUT2D eigenvalue weighted by atomic mass is 16.5. The van der Waals surface area contributed by atoms with Crippen LogP contribution < -0.4 is 5.32 Å². The Bertz CT molecular complexity index is 216. The van der Waals surface area contributed by atoms with E-state index >= 15 is 0 Å². The van der Waals surface area contributed by atoms with Crippen LogP contribution in [0, 0.1) is 5.92 Å². The molecular weight excluding hydrogens is 214 g/mol. The second-order valence-electron chi connectivity index (χ2n) is 5.57. The normalized spacial score (nSPS) is 33.5. The Morgan fingerprint density at radius 1 is 1.12 bits per heavy atom. The molecule has 2 fully saturated rings. The van der Waals surface area contributed by atoms with Crippen LogP contribution >= 0.6 is 0 Å². The van der Waals surface area contributed by atoms with Crippen molar-refractivity contribution in [2.24, 2.45) is 5.92 Å². The smallest absolute Gasteiger partial charge is 0.0724 e. The Morgan fingerprint density at radius 2 is 1.82 bits per heavy atom. The van der Waals surface area contributed by atoms with Gasteiger partial charge in [0.15, 0.2) is 0 Å². The molecular formula is C14H27NO2. The van der Waals surface area contributed by atoms with Gasteiger partial charge in [-0.2, -0.15) is 0 Å². The molecule has 1 N–H and O–H groups in total. The Morgan fingerprint density at radius 3 is 2.53 bits per heavy atom. The van der Waals surface area contributed by atoms with Crippen LogP contribution in [0.3, 0.4) is 0 Å². The monoisotopic (exact) mass is 241 g/mol. The number of nitrogens with one attached hydrogen (secondary N) is 1. The van der Waals surface area contributed by atoms with Crippen molar-refractivity contribution < 1.29 is 9.47 Å². The summed E-state index contributed by atoms with van der Waals surface area (Å²) in [5.74, 6) is 0.781. The molecule has 1 heterocycles. The zero-order valence-corrected chi connectivity index (χ0v) is 11.3. The lowest BCUT2D eigenvalue weighted by atomic mass is 9.88. The van der Waals surface area contributed by atoms with E-state index < -0.39 is 0 Å². The first kappa shape index (κ1) is 13.3. The fraction of sp³-hybridized carbons (Fsp3) is 1.00. The van der Waals surface area contributed by atoms with E-state index in [1.165, 1.54) is 38.5 Å². The summed E-state index contributed by atoms with van der Waals surface area (Å²) in [6.07, 6.45) is 7.99. The Kier molecular flexibility index (Phi) is 5.26. The first-order valence-electron chi connectivity index (χ1n) is 7.18. The molecule has 3 atom stereocenters. The first-order chi connectivity index (χ1) is 8.31. The molecule has 100 valence electrons. The first-order valence-corrected chi connectivity index (χ1v) is 7.18. The molecule has 2 rings (SSSR count). The van der Waals surface area contributed by atoms with Gasteiger partial charge in [-0.25, -0.2) is 0 Å². The number of hydrogen-bond acceptors (Lipinski definition) is 3. The number of ether oxygens (including phenoxy) is 2. The molecule has 1 aliphatic carbocycles. The molecule has 1 saturated heterocycles. The fourth-order valence-electron chi connectivity index (χ4n) is 3.26. The highest BCUT2D eigenvalue weighted by molar-refractivity contribution is 4.86. The van der Waals surface area contributed by atoms with Gasteiger partial charge in [-0.1, -0.05) is 12.8 Å². The summed E-state index contributed by atoms with van der Waals surface area (Å²) in [6, 6.07) is 1.16. The molecule has 0 amide bonds. The number of hydrogen-bond donors (Lipinski definition) is 1. The maximum Gasteiger partial charge on any atom is 0.0724 e. The minimum absolute atomic E-state index is 0.422. The van der Waals surface area contributed by atoms with E-state index in [0.717, 1.165) is 19.1 Å². The average Bonchev–Trinajstić information content (AvgIpc) is 2.40. The van der Waals surface area contributed by atoms with E-state index in [-0.39, 0.29) is 0 Å². The summed E-state index contributed by atoms with van der Waals surface area (Å²) < 4.78 is 11.0. The summed E-state index contributed by atoms with van der Waals surface area (Å²) in [6.45, 7) is 4.21. The largest absolute Gasteiger partial charge is 0.381 e. The third-order valence-corrected chi connectivity index (χ3v) is 4.46. The van der Waals surface area contributed by atoms with E-state index in [9.17, 15) is 0 Å². The predicted molar refractivity (Wildman–Crippen MR) is 69.2 cm³/mol. The zero-order valence-electron chi connectivity index (χ0n) is 11.3. The van der Waals surface area contributed by atoms with Crippen LogP contribution in [0.2, 0.25) is 0 Å². The Labute approximate surface area is 105 Å². The molecule has 17 heavy (non-hydrogen) atoms. The van der Waals surface area contributed by atoms with Crippen molar-refractivity contribution in [3.05, 3.63) is 0 Å². The molecule has 0 aromatic rings. The Balaban J connectivity index is 1.81.